The van der Waals surface area contributed by atoms with Crippen molar-refractivity contribution in [1.29, 1.82) is 0 Å². The van der Waals surface area contributed by atoms with Crippen molar-refractivity contribution in [3.8, 4) is 0 Å². The number of unbranched alkanes of at least 4 members (excludes halogenated alkanes) is 2. The van der Waals surface area contributed by atoms with Crippen LogP contribution in [0.15, 0.2) is 0 Å². The van der Waals surface area contributed by atoms with E-state index in [2.05, 4.69) is 18.7 Å². The largest absolute Gasteiger partial charge is 2.00 e. The standard InChI is InChI=1S/C9H19NS2.H3O4P.Zn/c1-3-5-7-10(9(11)12)8-6-4-2;1-5(2,3)4;/h3-8H2,1-2H3,(H,11,12);(H3,1,2,3,4);/q;;+2/p-2. The molecule has 0 aliphatic heterocycles. The van der Waals surface area contributed by atoms with Crippen molar-refractivity contribution in [3.05, 3.63) is 0 Å². The van der Waals surface area contributed by atoms with E-state index < -0.39 is 7.82 Å². The zero-order valence-electron chi connectivity index (χ0n) is 10.9. The molecule has 0 unspecified atom stereocenters. The van der Waals surface area contributed by atoms with Crippen molar-refractivity contribution in [2.45, 2.75) is 39.5 Å². The van der Waals surface area contributed by atoms with Gasteiger partial charge in [0.1, 0.15) is 0 Å². The summed E-state index contributed by atoms with van der Waals surface area (Å²) in [5.74, 6) is 0. The van der Waals surface area contributed by atoms with Crippen molar-refractivity contribution in [2.24, 2.45) is 0 Å². The molecule has 0 atom stereocenters. The molecule has 0 aromatic rings. The van der Waals surface area contributed by atoms with Crippen molar-refractivity contribution in [2.75, 3.05) is 13.1 Å². The minimum absolute atomic E-state index is 0. The van der Waals surface area contributed by atoms with E-state index in [0.717, 1.165) is 13.1 Å². The maximum Gasteiger partial charge on any atom is 2.00 e. The minimum atomic E-state index is -4.89. The minimum Gasteiger partial charge on any atom is -0.756 e. The van der Waals surface area contributed by atoms with Gasteiger partial charge in [-0.05, 0) is 12.8 Å². The molecule has 0 aromatic heterocycles. The monoisotopic (exact) mass is 365 g/mol. The molecule has 0 saturated heterocycles. The Morgan fingerprint density at radius 3 is 1.72 bits per heavy atom. The summed E-state index contributed by atoms with van der Waals surface area (Å²) in [6.45, 7) is 6.45. The van der Waals surface area contributed by atoms with E-state index in [1.807, 2.05) is 0 Å². The molecule has 2 N–H and O–H groups in total. The van der Waals surface area contributed by atoms with Crippen LogP contribution in [0.1, 0.15) is 39.5 Å². The third kappa shape index (κ3) is 25.6. The summed E-state index contributed by atoms with van der Waals surface area (Å²) >= 11 is 9.97. The third-order valence-electron chi connectivity index (χ3n) is 1.82. The number of phosphoric acid groups is 1. The maximum atomic E-state index is 8.77. The topological polar surface area (TPSA) is 83.8 Å². The van der Waals surface area contributed by atoms with Gasteiger partial charge in [0.15, 0.2) is 0 Å². The Labute approximate surface area is 133 Å². The summed E-state index contributed by atoms with van der Waals surface area (Å²) in [4.78, 5) is 25.1. The molecule has 0 radical (unpaired) electrons. The quantitative estimate of drug-likeness (QED) is 0.316. The summed E-state index contributed by atoms with van der Waals surface area (Å²) in [6.07, 6.45) is 4.81. The zero-order valence-corrected chi connectivity index (χ0v) is 16.4. The van der Waals surface area contributed by atoms with E-state index >= 15 is 0 Å². The third-order valence-corrected chi connectivity index (χ3v) is 2.34. The molecule has 104 valence electrons. The maximum absolute atomic E-state index is 8.77. The normalized spacial score (nSPS) is 9.83. The van der Waals surface area contributed by atoms with Crippen LogP contribution in [0.25, 0.3) is 0 Å². The molecule has 0 bridgehead atoms. The molecule has 0 rings (SSSR count). The second kappa shape index (κ2) is 14.3. The number of hydrogen-bond donors (Lipinski definition) is 2. The molecule has 5 nitrogen and oxygen atoms in total. The Balaban J connectivity index is -0.000000321. The predicted octanol–water partition coefficient (Wildman–Crippen LogP) is 1.16. The summed E-state index contributed by atoms with van der Waals surface area (Å²) in [5.41, 5.74) is 0. The first-order valence-electron chi connectivity index (χ1n) is 5.44. The van der Waals surface area contributed by atoms with Gasteiger partial charge in [-0.25, -0.2) is 0 Å². The molecule has 0 aliphatic rings. The van der Waals surface area contributed by atoms with Crippen LogP contribution in [-0.2, 0) is 36.7 Å². The van der Waals surface area contributed by atoms with Crippen LogP contribution in [0.3, 0.4) is 0 Å². The average Bonchev–Trinajstić information content (AvgIpc) is 2.15. The molecule has 18 heavy (non-hydrogen) atoms. The van der Waals surface area contributed by atoms with Gasteiger partial charge in [-0.15, -0.1) is 0 Å². The summed E-state index contributed by atoms with van der Waals surface area (Å²) < 4.78 is 9.41. The number of rotatable bonds is 6. The van der Waals surface area contributed by atoms with Gasteiger partial charge >= 0.3 is 19.5 Å². The van der Waals surface area contributed by atoms with Crippen molar-refractivity contribution in [1.82, 2.24) is 4.90 Å². The molecular formula is C9H20NO4PS2Zn. The molecule has 9 heteroatoms. The Kier molecular flexibility index (Phi) is 18.9. The van der Waals surface area contributed by atoms with Crippen molar-refractivity contribution in [3.63, 3.8) is 0 Å². The van der Waals surface area contributed by atoms with Crippen LogP contribution in [-0.4, -0.2) is 32.1 Å². The first-order chi connectivity index (χ1) is 7.72. The molecule has 0 aromatic carbocycles. The molecule has 0 heterocycles. The molecule has 0 amide bonds. The van der Waals surface area contributed by atoms with Gasteiger partial charge in [-0.1, -0.05) is 31.0 Å². The fourth-order valence-corrected chi connectivity index (χ4v) is 1.36. The van der Waals surface area contributed by atoms with Crippen LogP contribution >= 0.6 is 20.0 Å². The Morgan fingerprint density at radius 2 is 1.56 bits per heavy atom. The number of thiocarbonyl (C=S) groups is 1. The predicted molar refractivity (Wildman–Crippen MR) is 73.4 cm³/mol. The Bertz CT molecular complexity index is 236. The van der Waals surface area contributed by atoms with Crippen molar-refractivity contribution < 1.29 is 38.7 Å². The smallest absolute Gasteiger partial charge is 0.756 e. The van der Waals surface area contributed by atoms with Gasteiger partial charge in [-0.3, -0.25) is 4.57 Å². The summed E-state index contributed by atoms with van der Waals surface area (Å²) in [7, 11) is -4.89. The molecular weight excluding hydrogens is 347 g/mol. The Morgan fingerprint density at radius 1 is 1.28 bits per heavy atom. The SMILES string of the molecule is CCCCN(CCCC)C(=S)[S-].O=P([O-])(O)O.[Zn+2]. The molecule has 0 aliphatic carbocycles. The molecule has 0 spiro atoms. The molecule has 0 fully saturated rings. The van der Waals surface area contributed by atoms with Gasteiger partial charge in [0.25, 0.3) is 7.82 Å². The second-order valence-corrected chi connectivity index (χ2v) is 5.46. The van der Waals surface area contributed by atoms with Gasteiger partial charge in [0.05, 0.1) is 0 Å². The van der Waals surface area contributed by atoms with E-state index in [1.54, 1.807) is 0 Å². The first kappa shape index (κ1) is 23.9. The fraction of sp³-hybridized carbons (Fsp3) is 0.889. The molecule has 0 saturated carbocycles. The van der Waals surface area contributed by atoms with Crippen LogP contribution in [0.4, 0.5) is 0 Å². The van der Waals surface area contributed by atoms with E-state index in [-0.39, 0.29) is 19.5 Å². The van der Waals surface area contributed by atoms with E-state index in [9.17, 15) is 0 Å². The van der Waals surface area contributed by atoms with E-state index in [4.69, 9.17) is 44.1 Å². The van der Waals surface area contributed by atoms with Gasteiger partial charge in [-0.2, -0.15) is 0 Å². The Hall–Kier alpha value is 0.843. The van der Waals surface area contributed by atoms with Gasteiger partial charge < -0.3 is 44.4 Å². The fourth-order valence-electron chi connectivity index (χ4n) is 0.992. The van der Waals surface area contributed by atoms with Gasteiger partial charge in [0, 0.05) is 13.1 Å². The van der Waals surface area contributed by atoms with E-state index in [0.29, 0.717) is 4.32 Å². The van der Waals surface area contributed by atoms with Crippen LogP contribution in [0, 0.1) is 0 Å². The number of nitrogens with zero attached hydrogens (tertiary/aromatic N) is 1. The summed E-state index contributed by atoms with van der Waals surface area (Å²) in [6, 6.07) is 0. The van der Waals surface area contributed by atoms with Gasteiger partial charge in [0.2, 0.25) is 0 Å². The summed E-state index contributed by atoms with van der Waals surface area (Å²) in [5, 5.41) is 0. The van der Waals surface area contributed by atoms with Crippen molar-refractivity contribution >= 4 is 37.0 Å². The number of hydrogen-bond acceptors (Lipinski definition) is 4. The van der Waals surface area contributed by atoms with Crippen LogP contribution in [0.5, 0.6) is 0 Å². The van der Waals surface area contributed by atoms with Crippen LogP contribution in [0.2, 0.25) is 0 Å². The zero-order chi connectivity index (χ0) is 13.9. The van der Waals surface area contributed by atoms with E-state index in [1.165, 1.54) is 25.7 Å². The second-order valence-electron chi connectivity index (χ2n) is 3.45. The average molecular weight is 367 g/mol. The first-order valence-corrected chi connectivity index (χ1v) is 7.79. The van der Waals surface area contributed by atoms with Crippen LogP contribution < -0.4 is 4.89 Å².